The van der Waals surface area contributed by atoms with E-state index in [4.69, 9.17) is 4.74 Å². The van der Waals surface area contributed by atoms with Crippen LogP contribution in [0.5, 0.6) is 0 Å². The first-order valence-corrected chi connectivity index (χ1v) is 11.7. The van der Waals surface area contributed by atoms with Crippen LogP contribution in [0.2, 0.25) is 0 Å². The Labute approximate surface area is 195 Å². The second-order valence-corrected chi connectivity index (χ2v) is 8.20. The van der Waals surface area contributed by atoms with E-state index in [1.807, 2.05) is 38.1 Å². The fraction of sp³-hybridized carbons (Fsp3) is 0.423. The van der Waals surface area contributed by atoms with Crippen LogP contribution in [0.25, 0.3) is 11.1 Å². The fourth-order valence-electron chi connectivity index (χ4n) is 4.05. The summed E-state index contributed by atoms with van der Waals surface area (Å²) in [5.41, 5.74) is 4.54. The SMILES string of the molecule is CCCNC(=O)CCC(NC(=O)OCC1c2ccccc2-c2ccccc21)C(=O)NCCC. The number of hydrogen-bond acceptors (Lipinski definition) is 4. The van der Waals surface area contributed by atoms with E-state index in [9.17, 15) is 14.4 Å². The fourth-order valence-corrected chi connectivity index (χ4v) is 4.05. The molecule has 0 bridgehead atoms. The van der Waals surface area contributed by atoms with Gasteiger partial charge in [0.25, 0.3) is 0 Å². The standard InChI is InChI=1S/C26H33N3O4/c1-3-15-27-24(30)14-13-23(25(31)28-16-4-2)29-26(32)33-17-22-20-11-7-5-9-18(20)19-10-6-8-12-21(19)22/h5-12,22-23H,3-4,13-17H2,1-2H3,(H,27,30)(H,28,31)(H,29,32). The summed E-state index contributed by atoms with van der Waals surface area (Å²) in [6.45, 7) is 5.18. The van der Waals surface area contributed by atoms with E-state index >= 15 is 0 Å². The lowest BCUT2D eigenvalue weighted by molar-refractivity contribution is -0.124. The third-order valence-electron chi connectivity index (χ3n) is 5.73. The Morgan fingerprint density at radius 2 is 1.45 bits per heavy atom. The van der Waals surface area contributed by atoms with Gasteiger partial charge in [0.1, 0.15) is 12.6 Å². The number of carbonyl (C=O) groups excluding carboxylic acids is 3. The molecule has 0 spiro atoms. The molecule has 0 aromatic heterocycles. The summed E-state index contributed by atoms with van der Waals surface area (Å²) >= 11 is 0. The van der Waals surface area contributed by atoms with E-state index in [1.54, 1.807) is 0 Å². The molecule has 1 aliphatic carbocycles. The van der Waals surface area contributed by atoms with Gasteiger partial charge in [0, 0.05) is 25.4 Å². The Kier molecular flexibility index (Phi) is 8.87. The molecule has 0 radical (unpaired) electrons. The third kappa shape index (κ3) is 6.34. The minimum atomic E-state index is -0.834. The summed E-state index contributed by atoms with van der Waals surface area (Å²) in [6, 6.07) is 15.4. The molecule has 1 atom stereocenters. The number of amides is 3. The first-order chi connectivity index (χ1) is 16.0. The molecule has 2 aromatic rings. The van der Waals surface area contributed by atoms with Crippen LogP contribution in [0, 0.1) is 0 Å². The van der Waals surface area contributed by atoms with Crippen LogP contribution in [0.3, 0.4) is 0 Å². The zero-order valence-corrected chi connectivity index (χ0v) is 19.4. The summed E-state index contributed by atoms with van der Waals surface area (Å²) in [5.74, 6) is -0.511. The minimum Gasteiger partial charge on any atom is -0.449 e. The zero-order valence-electron chi connectivity index (χ0n) is 19.4. The highest BCUT2D eigenvalue weighted by atomic mass is 16.5. The van der Waals surface area contributed by atoms with Gasteiger partial charge in [-0.05, 0) is 41.5 Å². The van der Waals surface area contributed by atoms with Crippen molar-refractivity contribution in [2.24, 2.45) is 0 Å². The van der Waals surface area contributed by atoms with Crippen LogP contribution < -0.4 is 16.0 Å². The largest absolute Gasteiger partial charge is 0.449 e. The summed E-state index contributed by atoms with van der Waals surface area (Å²) in [4.78, 5) is 37.1. The van der Waals surface area contributed by atoms with E-state index in [2.05, 4.69) is 40.2 Å². The molecule has 176 valence electrons. The van der Waals surface area contributed by atoms with Crippen LogP contribution in [-0.2, 0) is 14.3 Å². The molecular formula is C26H33N3O4. The number of alkyl carbamates (subject to hydrolysis) is 1. The number of nitrogens with one attached hydrogen (secondary N) is 3. The van der Waals surface area contributed by atoms with Crippen molar-refractivity contribution in [1.82, 2.24) is 16.0 Å². The van der Waals surface area contributed by atoms with Gasteiger partial charge in [-0.2, -0.15) is 0 Å². The van der Waals surface area contributed by atoms with Gasteiger partial charge >= 0.3 is 6.09 Å². The molecule has 0 heterocycles. The normalized spacial score (nSPS) is 12.9. The van der Waals surface area contributed by atoms with Crippen LogP contribution >= 0.6 is 0 Å². The van der Waals surface area contributed by atoms with Gasteiger partial charge in [-0.1, -0.05) is 62.4 Å². The van der Waals surface area contributed by atoms with Crippen molar-refractivity contribution in [2.45, 2.75) is 51.5 Å². The molecule has 0 saturated heterocycles. The third-order valence-corrected chi connectivity index (χ3v) is 5.73. The summed E-state index contributed by atoms with van der Waals surface area (Å²) < 4.78 is 5.57. The van der Waals surface area contributed by atoms with Crippen molar-refractivity contribution in [3.05, 3.63) is 59.7 Å². The Balaban J connectivity index is 1.61. The van der Waals surface area contributed by atoms with E-state index in [-0.39, 0.29) is 37.2 Å². The molecule has 2 aromatic carbocycles. The molecular weight excluding hydrogens is 418 g/mol. The topological polar surface area (TPSA) is 96.5 Å². The van der Waals surface area contributed by atoms with Crippen LogP contribution in [0.4, 0.5) is 4.79 Å². The molecule has 1 unspecified atom stereocenters. The van der Waals surface area contributed by atoms with Gasteiger partial charge in [-0.25, -0.2) is 4.79 Å². The average Bonchev–Trinajstić information content (AvgIpc) is 3.16. The number of hydrogen-bond donors (Lipinski definition) is 3. The van der Waals surface area contributed by atoms with Crippen molar-refractivity contribution in [3.63, 3.8) is 0 Å². The first-order valence-electron chi connectivity index (χ1n) is 11.7. The maximum Gasteiger partial charge on any atom is 0.407 e. The lowest BCUT2D eigenvalue weighted by Gasteiger charge is -2.19. The van der Waals surface area contributed by atoms with Gasteiger partial charge in [-0.3, -0.25) is 9.59 Å². The second kappa shape index (κ2) is 12.0. The summed E-state index contributed by atoms with van der Waals surface area (Å²) in [7, 11) is 0. The maximum atomic E-state index is 12.6. The summed E-state index contributed by atoms with van der Waals surface area (Å²) in [5, 5.41) is 8.23. The predicted octanol–water partition coefficient (Wildman–Crippen LogP) is 3.73. The highest BCUT2D eigenvalue weighted by molar-refractivity contribution is 5.86. The van der Waals surface area contributed by atoms with Gasteiger partial charge in [0.05, 0.1) is 0 Å². The van der Waals surface area contributed by atoms with E-state index in [0.717, 1.165) is 35.1 Å². The van der Waals surface area contributed by atoms with Crippen LogP contribution in [-0.4, -0.2) is 43.6 Å². The van der Waals surface area contributed by atoms with Crippen molar-refractivity contribution < 1.29 is 19.1 Å². The number of benzene rings is 2. The second-order valence-electron chi connectivity index (χ2n) is 8.20. The number of fused-ring (bicyclic) bond motifs is 3. The molecule has 1 aliphatic rings. The molecule has 7 nitrogen and oxygen atoms in total. The van der Waals surface area contributed by atoms with Crippen molar-refractivity contribution >= 4 is 17.9 Å². The Bertz CT molecular complexity index is 930. The van der Waals surface area contributed by atoms with E-state index < -0.39 is 12.1 Å². The highest BCUT2D eigenvalue weighted by Crippen LogP contribution is 2.44. The Morgan fingerprint density at radius 3 is 2.06 bits per heavy atom. The lowest BCUT2D eigenvalue weighted by atomic mass is 9.98. The quantitative estimate of drug-likeness (QED) is 0.485. The van der Waals surface area contributed by atoms with E-state index in [1.165, 1.54) is 0 Å². The lowest BCUT2D eigenvalue weighted by Crippen LogP contribution is -2.47. The molecule has 3 rings (SSSR count). The van der Waals surface area contributed by atoms with Gasteiger partial charge in [-0.15, -0.1) is 0 Å². The molecule has 0 aliphatic heterocycles. The van der Waals surface area contributed by atoms with Crippen LogP contribution in [0.1, 0.15) is 56.6 Å². The minimum absolute atomic E-state index is 0.0599. The number of rotatable bonds is 11. The first kappa shape index (κ1) is 24.3. The summed E-state index contributed by atoms with van der Waals surface area (Å²) in [6.07, 6.45) is 1.30. The predicted molar refractivity (Wildman–Crippen MR) is 128 cm³/mol. The van der Waals surface area contributed by atoms with Gasteiger partial charge in [0.15, 0.2) is 0 Å². The zero-order chi connectivity index (χ0) is 23.6. The van der Waals surface area contributed by atoms with Crippen molar-refractivity contribution in [2.75, 3.05) is 19.7 Å². The van der Waals surface area contributed by atoms with Crippen LogP contribution in [0.15, 0.2) is 48.5 Å². The van der Waals surface area contributed by atoms with Gasteiger partial charge in [0.2, 0.25) is 11.8 Å². The molecule has 0 saturated carbocycles. The maximum absolute atomic E-state index is 12.6. The van der Waals surface area contributed by atoms with Gasteiger partial charge < -0.3 is 20.7 Å². The van der Waals surface area contributed by atoms with Crippen molar-refractivity contribution in [3.8, 4) is 11.1 Å². The smallest absolute Gasteiger partial charge is 0.407 e. The Morgan fingerprint density at radius 1 is 0.879 bits per heavy atom. The molecule has 7 heteroatoms. The van der Waals surface area contributed by atoms with E-state index in [0.29, 0.717) is 13.1 Å². The Hall–Kier alpha value is -3.35. The highest BCUT2D eigenvalue weighted by Gasteiger charge is 2.29. The molecule has 33 heavy (non-hydrogen) atoms. The molecule has 3 N–H and O–H groups in total. The number of ether oxygens (including phenoxy) is 1. The van der Waals surface area contributed by atoms with Crippen molar-refractivity contribution in [1.29, 1.82) is 0 Å². The average molecular weight is 452 g/mol. The number of carbonyl (C=O) groups is 3. The molecule has 0 fully saturated rings. The molecule has 3 amide bonds. The monoisotopic (exact) mass is 451 g/mol.